The number of nitrogens with zero attached hydrogens (tertiary/aromatic N) is 6. The van der Waals surface area contributed by atoms with E-state index >= 15 is 0 Å². The number of rotatable bonds is 4. The first-order chi connectivity index (χ1) is 12.2. The molecule has 0 bridgehead atoms. The van der Waals surface area contributed by atoms with Gasteiger partial charge in [-0.2, -0.15) is 15.3 Å². The molecule has 0 aromatic carbocycles. The van der Waals surface area contributed by atoms with Gasteiger partial charge in [0.25, 0.3) is 11.8 Å². The fourth-order valence-corrected chi connectivity index (χ4v) is 2.64. The SMILES string of the molecule is Cc1cc(NC(=O)c2cn(C)nc2C(=O)Nc2cc(C)nn2C)n(C)n1. The smallest absolute Gasteiger partial charge is 0.278 e. The molecule has 0 saturated carbocycles. The van der Waals surface area contributed by atoms with Crippen LogP contribution in [0.1, 0.15) is 32.2 Å². The Labute approximate surface area is 149 Å². The second-order valence-electron chi connectivity index (χ2n) is 6.06. The molecule has 10 nitrogen and oxygen atoms in total. The summed E-state index contributed by atoms with van der Waals surface area (Å²) in [4.78, 5) is 25.2. The van der Waals surface area contributed by atoms with Crippen molar-refractivity contribution in [3.8, 4) is 0 Å². The van der Waals surface area contributed by atoms with Crippen molar-refractivity contribution in [2.45, 2.75) is 13.8 Å². The maximum atomic E-state index is 12.6. The van der Waals surface area contributed by atoms with Crippen molar-refractivity contribution in [3.63, 3.8) is 0 Å². The molecule has 0 atom stereocenters. The Bertz CT molecular complexity index is 916. The lowest BCUT2D eigenvalue weighted by atomic mass is 10.2. The number of carbonyl (C=O) groups excluding carboxylic acids is 2. The number of hydrogen-bond donors (Lipinski definition) is 2. The zero-order valence-electron chi connectivity index (χ0n) is 15.2. The molecule has 3 aromatic heterocycles. The average molecular weight is 356 g/mol. The van der Waals surface area contributed by atoms with Gasteiger partial charge in [-0.05, 0) is 13.8 Å². The van der Waals surface area contributed by atoms with Crippen LogP contribution in [0.15, 0.2) is 18.3 Å². The van der Waals surface area contributed by atoms with Gasteiger partial charge in [-0.25, -0.2) is 0 Å². The Hall–Kier alpha value is -3.43. The topological polar surface area (TPSA) is 112 Å². The van der Waals surface area contributed by atoms with Crippen LogP contribution in [-0.4, -0.2) is 41.2 Å². The lowest BCUT2D eigenvalue weighted by Gasteiger charge is -2.06. The van der Waals surface area contributed by atoms with E-state index in [4.69, 9.17) is 0 Å². The minimum atomic E-state index is -0.486. The molecule has 2 N–H and O–H groups in total. The summed E-state index contributed by atoms with van der Waals surface area (Å²) in [6.45, 7) is 3.65. The van der Waals surface area contributed by atoms with E-state index in [1.807, 2.05) is 13.8 Å². The van der Waals surface area contributed by atoms with Gasteiger partial charge in [-0.15, -0.1) is 0 Å². The van der Waals surface area contributed by atoms with E-state index in [9.17, 15) is 9.59 Å². The van der Waals surface area contributed by atoms with Gasteiger partial charge in [0.05, 0.1) is 17.0 Å². The fraction of sp³-hybridized carbons (Fsp3) is 0.312. The highest BCUT2D eigenvalue weighted by Crippen LogP contribution is 2.15. The van der Waals surface area contributed by atoms with Crippen LogP contribution in [0.2, 0.25) is 0 Å². The van der Waals surface area contributed by atoms with Crippen molar-refractivity contribution in [3.05, 3.63) is 41.0 Å². The van der Waals surface area contributed by atoms with Gasteiger partial charge in [0, 0.05) is 39.5 Å². The second-order valence-corrected chi connectivity index (χ2v) is 6.06. The van der Waals surface area contributed by atoms with E-state index in [1.165, 1.54) is 10.9 Å². The molecule has 2 amide bonds. The van der Waals surface area contributed by atoms with Crippen molar-refractivity contribution < 1.29 is 9.59 Å². The summed E-state index contributed by atoms with van der Waals surface area (Å²) in [6, 6.07) is 3.48. The normalized spacial score (nSPS) is 10.8. The highest BCUT2D eigenvalue weighted by atomic mass is 16.2. The van der Waals surface area contributed by atoms with E-state index < -0.39 is 11.8 Å². The first-order valence-corrected chi connectivity index (χ1v) is 7.92. The van der Waals surface area contributed by atoms with E-state index in [-0.39, 0.29) is 11.3 Å². The number of nitrogens with one attached hydrogen (secondary N) is 2. The van der Waals surface area contributed by atoms with Gasteiger partial charge in [0.15, 0.2) is 5.69 Å². The van der Waals surface area contributed by atoms with Gasteiger partial charge in [0.1, 0.15) is 11.6 Å². The lowest BCUT2D eigenvalue weighted by molar-refractivity contribution is 0.0987. The largest absolute Gasteiger partial charge is 0.307 e. The predicted octanol–water partition coefficient (Wildman–Crippen LogP) is 1.01. The Morgan fingerprint density at radius 3 is 1.81 bits per heavy atom. The van der Waals surface area contributed by atoms with Crippen LogP contribution >= 0.6 is 0 Å². The maximum absolute atomic E-state index is 12.6. The third kappa shape index (κ3) is 3.34. The molecule has 3 rings (SSSR count). The third-order valence-electron chi connectivity index (χ3n) is 3.78. The zero-order valence-corrected chi connectivity index (χ0v) is 15.2. The third-order valence-corrected chi connectivity index (χ3v) is 3.78. The maximum Gasteiger partial charge on any atom is 0.278 e. The number of aromatic nitrogens is 6. The molecule has 0 radical (unpaired) electrons. The summed E-state index contributed by atoms with van der Waals surface area (Å²) in [5.74, 6) is 0.129. The summed E-state index contributed by atoms with van der Waals surface area (Å²) in [5.41, 5.74) is 1.75. The highest BCUT2D eigenvalue weighted by molar-refractivity contribution is 6.14. The zero-order chi connectivity index (χ0) is 19.0. The summed E-state index contributed by atoms with van der Waals surface area (Å²) >= 11 is 0. The van der Waals surface area contributed by atoms with Gasteiger partial charge in [-0.3, -0.25) is 23.6 Å². The molecule has 0 saturated heterocycles. The van der Waals surface area contributed by atoms with Crippen molar-refractivity contribution >= 4 is 23.5 Å². The molecule has 26 heavy (non-hydrogen) atoms. The predicted molar refractivity (Wildman–Crippen MR) is 95.0 cm³/mol. The van der Waals surface area contributed by atoms with Crippen molar-refractivity contribution in [2.75, 3.05) is 10.6 Å². The summed E-state index contributed by atoms with van der Waals surface area (Å²) in [6.07, 6.45) is 1.50. The van der Waals surface area contributed by atoms with Crippen LogP contribution in [0.25, 0.3) is 0 Å². The Kier molecular flexibility index (Phi) is 4.33. The molecule has 3 heterocycles. The minimum absolute atomic E-state index is 0.0303. The Morgan fingerprint density at radius 2 is 1.35 bits per heavy atom. The molecule has 10 heteroatoms. The van der Waals surface area contributed by atoms with Gasteiger partial charge >= 0.3 is 0 Å². The van der Waals surface area contributed by atoms with E-state index in [0.717, 1.165) is 11.4 Å². The number of anilines is 2. The van der Waals surface area contributed by atoms with Crippen LogP contribution in [-0.2, 0) is 21.1 Å². The molecule has 136 valence electrons. The first-order valence-electron chi connectivity index (χ1n) is 7.92. The molecule has 0 aliphatic rings. The molecule has 3 aromatic rings. The number of hydrogen-bond acceptors (Lipinski definition) is 5. The number of carbonyl (C=O) groups is 2. The van der Waals surface area contributed by atoms with E-state index in [1.54, 1.807) is 42.6 Å². The molecular weight excluding hydrogens is 336 g/mol. The lowest BCUT2D eigenvalue weighted by Crippen LogP contribution is -2.21. The monoisotopic (exact) mass is 356 g/mol. The van der Waals surface area contributed by atoms with Crippen LogP contribution < -0.4 is 10.6 Å². The minimum Gasteiger partial charge on any atom is -0.307 e. The van der Waals surface area contributed by atoms with Gasteiger partial charge in [0.2, 0.25) is 0 Å². The van der Waals surface area contributed by atoms with Crippen LogP contribution in [0.4, 0.5) is 11.6 Å². The van der Waals surface area contributed by atoms with Crippen LogP contribution in [0.5, 0.6) is 0 Å². The molecule has 0 aliphatic carbocycles. The summed E-state index contributed by atoms with van der Waals surface area (Å²) in [5, 5.41) is 18.0. The standard InChI is InChI=1S/C16H20N8O2/c1-9-6-12(23(4)19-9)17-15(25)11-8-22(3)21-14(11)16(26)18-13-7-10(2)20-24(13)5/h6-8H,1-5H3,(H,17,25)(H,18,26). The van der Waals surface area contributed by atoms with Crippen molar-refractivity contribution in [1.29, 1.82) is 0 Å². The van der Waals surface area contributed by atoms with Gasteiger partial charge < -0.3 is 10.6 Å². The fourth-order valence-electron chi connectivity index (χ4n) is 2.64. The van der Waals surface area contributed by atoms with E-state index in [0.29, 0.717) is 11.6 Å². The van der Waals surface area contributed by atoms with Crippen molar-refractivity contribution in [1.82, 2.24) is 29.3 Å². The highest BCUT2D eigenvalue weighted by Gasteiger charge is 2.23. The molecule has 0 spiro atoms. The molecule has 0 fully saturated rings. The molecular formula is C16H20N8O2. The second kappa shape index (κ2) is 6.47. The van der Waals surface area contributed by atoms with Gasteiger partial charge in [-0.1, -0.05) is 0 Å². The molecule has 0 aliphatic heterocycles. The van der Waals surface area contributed by atoms with Crippen molar-refractivity contribution in [2.24, 2.45) is 21.1 Å². The molecule has 0 unspecified atom stereocenters. The Morgan fingerprint density at radius 1 is 0.846 bits per heavy atom. The average Bonchev–Trinajstić information content (AvgIpc) is 3.18. The van der Waals surface area contributed by atoms with Crippen LogP contribution in [0, 0.1) is 13.8 Å². The first kappa shape index (κ1) is 17.4. The number of aryl methyl sites for hydroxylation is 5. The number of amides is 2. The quantitative estimate of drug-likeness (QED) is 0.724. The summed E-state index contributed by atoms with van der Waals surface area (Å²) < 4.78 is 4.53. The van der Waals surface area contributed by atoms with Crippen LogP contribution in [0.3, 0.4) is 0 Å². The Balaban J connectivity index is 1.85. The van der Waals surface area contributed by atoms with E-state index in [2.05, 4.69) is 25.9 Å². The summed E-state index contributed by atoms with van der Waals surface area (Å²) in [7, 11) is 5.10.